The molecule has 0 atom stereocenters. The Morgan fingerprint density at radius 3 is 1.86 bits per heavy atom. The van der Waals surface area contributed by atoms with Gasteiger partial charge in [0.1, 0.15) is 12.0 Å². The first-order valence-electron chi connectivity index (χ1n) is 10.8. The Morgan fingerprint density at radius 2 is 1.29 bits per heavy atom. The number of unbranched alkanes of at least 4 members (excludes halogenated alkanes) is 11. The number of hydrogen-bond acceptors (Lipinski definition) is 5. The van der Waals surface area contributed by atoms with E-state index in [0.717, 1.165) is 25.7 Å². The minimum absolute atomic E-state index is 0.179. The molecule has 0 unspecified atom stereocenters. The summed E-state index contributed by atoms with van der Waals surface area (Å²) in [7, 11) is 0. The van der Waals surface area contributed by atoms with Crippen molar-refractivity contribution in [3.8, 4) is 0 Å². The minimum Gasteiger partial charge on any atom is -0.481 e. The molecule has 0 aromatic carbocycles. The molecule has 0 aromatic heterocycles. The highest BCUT2D eigenvalue weighted by atomic mass is 32.2. The Morgan fingerprint density at radius 1 is 0.750 bits per heavy atom. The van der Waals surface area contributed by atoms with Crippen molar-refractivity contribution in [3.05, 3.63) is 12.2 Å². The Hall–Kier alpha value is -1.30. The lowest BCUT2D eigenvalue weighted by atomic mass is 10.1. The van der Waals surface area contributed by atoms with E-state index in [1.807, 2.05) is 0 Å². The lowest BCUT2D eigenvalue weighted by Gasteiger charge is -2.02. The van der Waals surface area contributed by atoms with Crippen LogP contribution in [-0.4, -0.2) is 22.2 Å². The molecule has 0 amide bonds. The zero-order chi connectivity index (χ0) is 20.9. The van der Waals surface area contributed by atoms with Crippen LogP contribution in [0.15, 0.2) is 12.2 Å². The normalized spacial score (nSPS) is 11.0. The number of carbonyl (C=O) groups is 3. The van der Waals surface area contributed by atoms with E-state index >= 15 is 0 Å². The number of allylic oxidation sites excluding steroid dienone is 2. The van der Waals surface area contributed by atoms with Crippen molar-refractivity contribution < 1.29 is 23.7 Å². The van der Waals surface area contributed by atoms with Crippen LogP contribution < -0.4 is 0 Å². The zero-order valence-corrected chi connectivity index (χ0v) is 18.3. The predicted octanol–water partition coefficient (Wildman–Crippen LogP) is 6.61. The highest BCUT2D eigenvalue weighted by Crippen LogP contribution is 2.14. The van der Waals surface area contributed by atoms with Crippen molar-refractivity contribution in [3.63, 3.8) is 0 Å². The zero-order valence-electron chi connectivity index (χ0n) is 17.5. The van der Waals surface area contributed by atoms with E-state index in [1.165, 1.54) is 57.8 Å². The van der Waals surface area contributed by atoms with E-state index < -0.39 is 11.9 Å². The lowest BCUT2D eigenvalue weighted by molar-refractivity contribution is -0.141. The van der Waals surface area contributed by atoms with Gasteiger partial charge >= 0.3 is 11.9 Å². The van der Waals surface area contributed by atoms with Gasteiger partial charge in [-0.25, -0.2) is 0 Å². The van der Waals surface area contributed by atoms with Crippen LogP contribution in [0.5, 0.6) is 0 Å². The summed E-state index contributed by atoms with van der Waals surface area (Å²) in [5.74, 6) is -1.72. The van der Waals surface area contributed by atoms with Crippen molar-refractivity contribution >= 4 is 29.1 Å². The maximum absolute atomic E-state index is 11.6. The molecule has 5 nitrogen and oxygen atoms in total. The summed E-state index contributed by atoms with van der Waals surface area (Å²) in [6, 6.07) is 0. The molecule has 28 heavy (non-hydrogen) atoms. The van der Waals surface area contributed by atoms with Gasteiger partial charge in [0.25, 0.3) is 0 Å². The van der Waals surface area contributed by atoms with Crippen LogP contribution in [0.4, 0.5) is 0 Å². The first-order chi connectivity index (χ1) is 13.6. The standard InChI is InChI=1S/C22H38O5S/c1-2-3-4-5-6-7-8-9-10-11-12-13-14-15-16-17-22(26)28-27-21(25)19-18-20(23)24/h9-10H,2-8,11-19H2,1H3,(H,23,24)/b10-9-. The molecule has 0 spiro atoms. The first-order valence-corrected chi connectivity index (χ1v) is 11.6. The van der Waals surface area contributed by atoms with E-state index in [2.05, 4.69) is 23.3 Å². The summed E-state index contributed by atoms with van der Waals surface area (Å²) in [6.07, 6.45) is 20.2. The molecule has 0 aromatic rings. The number of aliphatic carboxylic acids is 1. The van der Waals surface area contributed by atoms with Crippen molar-refractivity contribution in [2.45, 2.75) is 110 Å². The quantitative estimate of drug-likeness (QED) is 0.154. The first kappa shape index (κ1) is 26.7. The summed E-state index contributed by atoms with van der Waals surface area (Å²) >= 11 is 0.532. The third-order valence-electron chi connectivity index (χ3n) is 4.41. The van der Waals surface area contributed by atoms with E-state index in [4.69, 9.17) is 5.11 Å². The molecule has 0 saturated carbocycles. The average molecular weight is 415 g/mol. The highest BCUT2D eigenvalue weighted by molar-refractivity contribution is 8.09. The van der Waals surface area contributed by atoms with Gasteiger partial charge in [-0.3, -0.25) is 14.4 Å². The van der Waals surface area contributed by atoms with Gasteiger partial charge in [0.15, 0.2) is 0 Å². The van der Waals surface area contributed by atoms with Crippen LogP contribution in [0.25, 0.3) is 0 Å². The molecule has 0 fully saturated rings. The van der Waals surface area contributed by atoms with Crippen molar-refractivity contribution in [1.29, 1.82) is 0 Å². The predicted molar refractivity (Wildman–Crippen MR) is 115 cm³/mol. The van der Waals surface area contributed by atoms with Crippen LogP contribution in [0.3, 0.4) is 0 Å². The van der Waals surface area contributed by atoms with Crippen molar-refractivity contribution in [1.82, 2.24) is 0 Å². The third-order valence-corrected chi connectivity index (χ3v) is 5.07. The summed E-state index contributed by atoms with van der Waals surface area (Å²) in [5.41, 5.74) is 0. The molecular weight excluding hydrogens is 376 g/mol. The summed E-state index contributed by atoms with van der Waals surface area (Å²) in [5, 5.41) is 8.28. The number of carboxylic acid groups (broad SMARTS) is 1. The van der Waals surface area contributed by atoms with Gasteiger partial charge in [-0.05, 0) is 32.1 Å². The van der Waals surface area contributed by atoms with Crippen molar-refractivity contribution in [2.75, 3.05) is 0 Å². The molecule has 0 aliphatic carbocycles. The summed E-state index contributed by atoms with van der Waals surface area (Å²) < 4.78 is 4.69. The third kappa shape index (κ3) is 21.0. The second kappa shape index (κ2) is 20.4. The number of rotatable bonds is 18. The van der Waals surface area contributed by atoms with E-state index in [1.54, 1.807) is 0 Å². The Balaban J connectivity index is 3.33. The van der Waals surface area contributed by atoms with Crippen LogP contribution in [0.2, 0.25) is 0 Å². The van der Waals surface area contributed by atoms with E-state index in [9.17, 15) is 14.4 Å². The monoisotopic (exact) mass is 414 g/mol. The maximum Gasteiger partial charge on any atom is 0.318 e. The molecule has 0 aliphatic rings. The van der Waals surface area contributed by atoms with Gasteiger partial charge in [0.2, 0.25) is 5.12 Å². The molecule has 0 rings (SSSR count). The molecule has 0 radical (unpaired) electrons. The fourth-order valence-corrected chi connectivity index (χ4v) is 3.22. The molecule has 0 heterocycles. The number of hydrogen-bond donors (Lipinski definition) is 1. The van der Waals surface area contributed by atoms with Crippen LogP contribution >= 0.6 is 12.0 Å². The topological polar surface area (TPSA) is 80.7 Å². The maximum atomic E-state index is 11.6. The highest BCUT2D eigenvalue weighted by Gasteiger charge is 2.11. The van der Waals surface area contributed by atoms with Crippen LogP contribution in [0, 0.1) is 0 Å². The smallest absolute Gasteiger partial charge is 0.318 e. The molecule has 162 valence electrons. The molecular formula is C22H38O5S. The van der Waals surface area contributed by atoms with Crippen molar-refractivity contribution in [2.24, 2.45) is 0 Å². The molecule has 0 aliphatic heterocycles. The molecule has 0 saturated heterocycles. The number of carboxylic acids is 1. The second-order valence-electron chi connectivity index (χ2n) is 7.14. The lowest BCUT2D eigenvalue weighted by Crippen LogP contribution is -2.05. The van der Waals surface area contributed by atoms with Gasteiger partial charge < -0.3 is 9.29 Å². The second-order valence-corrected chi connectivity index (χ2v) is 7.93. The number of carbonyl (C=O) groups excluding carboxylic acids is 2. The Kier molecular flexibility index (Phi) is 19.5. The largest absolute Gasteiger partial charge is 0.481 e. The molecule has 6 heteroatoms. The average Bonchev–Trinajstić information content (AvgIpc) is 2.67. The Bertz CT molecular complexity index is 448. The van der Waals surface area contributed by atoms with Gasteiger partial charge in [-0.15, -0.1) is 0 Å². The van der Waals surface area contributed by atoms with Gasteiger partial charge in [0, 0.05) is 6.42 Å². The SMILES string of the molecule is CCCCCCCC/C=C\CCCCCCCC(=O)SOC(=O)CCC(=O)O. The van der Waals surface area contributed by atoms with Gasteiger partial charge in [-0.1, -0.05) is 70.4 Å². The Labute approximate surface area is 174 Å². The summed E-state index contributed by atoms with van der Waals surface area (Å²) in [6.45, 7) is 2.25. The van der Waals surface area contributed by atoms with E-state index in [0.29, 0.717) is 18.5 Å². The molecule has 0 bridgehead atoms. The summed E-state index contributed by atoms with van der Waals surface area (Å²) in [4.78, 5) is 33.1. The molecule has 1 N–H and O–H groups in total. The van der Waals surface area contributed by atoms with Crippen LogP contribution in [0.1, 0.15) is 110 Å². The minimum atomic E-state index is -1.05. The fourth-order valence-electron chi connectivity index (χ4n) is 2.73. The van der Waals surface area contributed by atoms with Gasteiger partial charge in [0.05, 0.1) is 12.8 Å². The van der Waals surface area contributed by atoms with Crippen LogP contribution in [-0.2, 0) is 18.6 Å². The van der Waals surface area contributed by atoms with Gasteiger partial charge in [-0.2, -0.15) is 0 Å². The fraction of sp³-hybridized carbons (Fsp3) is 0.773. The van der Waals surface area contributed by atoms with E-state index in [-0.39, 0.29) is 18.0 Å².